The Bertz CT molecular complexity index is 570. The number of carbonyl (C=O) groups excluding carboxylic acids is 1. The highest BCUT2D eigenvalue weighted by Gasteiger charge is 2.37. The average Bonchev–Trinajstić information content (AvgIpc) is 3.03. The van der Waals surface area contributed by atoms with Crippen LogP contribution in [0.1, 0.15) is 38.5 Å². The van der Waals surface area contributed by atoms with Crippen molar-refractivity contribution in [3.05, 3.63) is 18.5 Å². The zero-order chi connectivity index (χ0) is 17.1. The molecule has 2 aliphatic heterocycles. The minimum atomic E-state index is -0.167. The molecule has 25 heavy (non-hydrogen) atoms. The molecule has 4 rings (SSSR count). The number of hydrogen-bond donors (Lipinski definition) is 0. The molecule has 3 aliphatic rings. The van der Waals surface area contributed by atoms with E-state index < -0.39 is 0 Å². The Morgan fingerprint density at radius 3 is 2.60 bits per heavy atom. The van der Waals surface area contributed by atoms with Crippen LogP contribution in [-0.4, -0.2) is 65.1 Å². The molecule has 0 aromatic carbocycles. The summed E-state index contributed by atoms with van der Waals surface area (Å²) >= 11 is 0. The molecule has 2 saturated heterocycles. The highest BCUT2D eigenvalue weighted by molar-refractivity contribution is 5.69. The van der Waals surface area contributed by atoms with Crippen LogP contribution in [-0.2, 0) is 4.74 Å². The van der Waals surface area contributed by atoms with Crippen molar-refractivity contribution in [2.45, 2.75) is 44.6 Å². The fraction of sp³-hybridized carbons (Fsp3) is 0.722. The maximum atomic E-state index is 12.3. The highest BCUT2D eigenvalue weighted by Crippen LogP contribution is 2.30. The average molecular weight is 345 g/mol. The minimum absolute atomic E-state index is 0.0676. The quantitative estimate of drug-likeness (QED) is 0.834. The zero-order valence-corrected chi connectivity index (χ0v) is 14.7. The molecule has 0 radical (unpaired) electrons. The number of cyclic esters (lactones) is 1. The normalized spacial score (nSPS) is 26.1. The molecule has 1 unspecified atom stereocenters. The van der Waals surface area contributed by atoms with Crippen molar-refractivity contribution < 1.29 is 9.53 Å². The van der Waals surface area contributed by atoms with E-state index in [4.69, 9.17) is 4.74 Å². The van der Waals surface area contributed by atoms with Crippen molar-refractivity contribution >= 4 is 11.8 Å². The van der Waals surface area contributed by atoms with Gasteiger partial charge in [-0.15, -0.1) is 0 Å². The molecule has 0 spiro atoms. The Morgan fingerprint density at radius 2 is 1.88 bits per heavy atom. The van der Waals surface area contributed by atoms with Crippen molar-refractivity contribution in [1.29, 1.82) is 0 Å². The molecule has 136 valence electrons. The molecule has 7 nitrogen and oxygen atoms in total. The third-order valence-corrected chi connectivity index (χ3v) is 5.71. The summed E-state index contributed by atoms with van der Waals surface area (Å²) in [6.45, 7) is 4.12. The SMILES string of the molecule is O=C1OC(CC2CCCCC2)CN1N1CCN(c2ccnnc2)CC1. The van der Waals surface area contributed by atoms with Gasteiger partial charge < -0.3 is 9.64 Å². The summed E-state index contributed by atoms with van der Waals surface area (Å²) in [6.07, 6.45) is 11.1. The highest BCUT2D eigenvalue weighted by atomic mass is 16.6. The van der Waals surface area contributed by atoms with Crippen LogP contribution >= 0.6 is 0 Å². The summed E-state index contributed by atoms with van der Waals surface area (Å²) in [6, 6.07) is 1.98. The predicted octanol–water partition coefficient (Wildman–Crippen LogP) is 2.30. The van der Waals surface area contributed by atoms with Crippen molar-refractivity contribution in [3.8, 4) is 0 Å². The predicted molar refractivity (Wildman–Crippen MR) is 94.0 cm³/mol. The lowest BCUT2D eigenvalue weighted by Crippen LogP contribution is -2.54. The van der Waals surface area contributed by atoms with Crippen molar-refractivity contribution in [3.63, 3.8) is 0 Å². The fourth-order valence-corrected chi connectivity index (χ4v) is 4.32. The number of piperazine rings is 1. The lowest BCUT2D eigenvalue weighted by Gasteiger charge is -2.39. The monoisotopic (exact) mass is 345 g/mol. The summed E-state index contributed by atoms with van der Waals surface area (Å²) in [7, 11) is 0. The van der Waals surface area contributed by atoms with Gasteiger partial charge in [-0.1, -0.05) is 32.1 Å². The van der Waals surface area contributed by atoms with Crippen LogP contribution in [0.4, 0.5) is 10.5 Å². The van der Waals surface area contributed by atoms with Gasteiger partial charge in [0.2, 0.25) is 0 Å². The summed E-state index contributed by atoms with van der Waals surface area (Å²) in [5, 5.41) is 11.7. The number of rotatable bonds is 4. The van der Waals surface area contributed by atoms with Gasteiger partial charge in [0, 0.05) is 26.2 Å². The van der Waals surface area contributed by atoms with Crippen molar-refractivity contribution in [2.24, 2.45) is 5.92 Å². The number of amides is 1. The lowest BCUT2D eigenvalue weighted by atomic mass is 9.85. The molecular formula is C18H27N5O2. The molecule has 1 atom stereocenters. The van der Waals surface area contributed by atoms with Gasteiger partial charge in [0.1, 0.15) is 6.10 Å². The minimum Gasteiger partial charge on any atom is -0.443 e. The molecule has 1 saturated carbocycles. The Kier molecular flexibility index (Phi) is 5.01. The van der Waals surface area contributed by atoms with Crippen LogP contribution in [0.5, 0.6) is 0 Å². The third-order valence-electron chi connectivity index (χ3n) is 5.71. The largest absolute Gasteiger partial charge is 0.443 e. The molecule has 7 heteroatoms. The van der Waals surface area contributed by atoms with Crippen LogP contribution < -0.4 is 4.90 Å². The first kappa shape index (κ1) is 16.6. The topological polar surface area (TPSA) is 61.8 Å². The van der Waals surface area contributed by atoms with E-state index in [0.717, 1.165) is 44.2 Å². The Balaban J connectivity index is 1.28. The van der Waals surface area contributed by atoms with E-state index in [1.165, 1.54) is 32.1 Å². The van der Waals surface area contributed by atoms with Crippen LogP contribution in [0.15, 0.2) is 18.5 Å². The molecule has 1 amide bonds. The summed E-state index contributed by atoms with van der Waals surface area (Å²) in [5.74, 6) is 0.738. The second-order valence-corrected chi connectivity index (χ2v) is 7.37. The van der Waals surface area contributed by atoms with Crippen LogP contribution in [0.25, 0.3) is 0 Å². The number of aromatic nitrogens is 2. The van der Waals surface area contributed by atoms with E-state index in [2.05, 4.69) is 20.1 Å². The Labute approximate surface area is 148 Å². The molecule has 1 aromatic heterocycles. The number of nitrogens with zero attached hydrogens (tertiary/aromatic N) is 5. The first-order valence-electron chi connectivity index (χ1n) is 9.54. The summed E-state index contributed by atoms with van der Waals surface area (Å²) in [4.78, 5) is 14.6. The maximum Gasteiger partial charge on any atom is 0.424 e. The van der Waals surface area contributed by atoms with Gasteiger partial charge in [-0.2, -0.15) is 10.2 Å². The van der Waals surface area contributed by atoms with Gasteiger partial charge in [-0.3, -0.25) is 0 Å². The molecule has 1 aliphatic carbocycles. The van der Waals surface area contributed by atoms with E-state index in [0.29, 0.717) is 6.54 Å². The molecule has 1 aromatic rings. The second kappa shape index (κ2) is 7.56. The lowest BCUT2D eigenvalue weighted by molar-refractivity contribution is 0.0186. The van der Waals surface area contributed by atoms with Crippen molar-refractivity contribution in [1.82, 2.24) is 20.2 Å². The molecular weight excluding hydrogens is 318 g/mol. The zero-order valence-electron chi connectivity index (χ0n) is 14.7. The number of carbonyl (C=O) groups is 1. The number of ether oxygens (including phenoxy) is 1. The van der Waals surface area contributed by atoms with Crippen LogP contribution in [0.3, 0.4) is 0 Å². The molecule has 3 heterocycles. The molecule has 0 bridgehead atoms. The first-order valence-corrected chi connectivity index (χ1v) is 9.54. The smallest absolute Gasteiger partial charge is 0.424 e. The first-order chi connectivity index (χ1) is 12.3. The van der Waals surface area contributed by atoms with Gasteiger partial charge in [0.25, 0.3) is 0 Å². The maximum absolute atomic E-state index is 12.3. The van der Waals surface area contributed by atoms with Crippen LogP contribution in [0, 0.1) is 5.92 Å². The van der Waals surface area contributed by atoms with E-state index in [1.807, 2.05) is 11.1 Å². The fourth-order valence-electron chi connectivity index (χ4n) is 4.32. The number of hydrogen-bond acceptors (Lipinski definition) is 6. The summed E-state index contributed by atoms with van der Waals surface area (Å²) in [5.41, 5.74) is 1.09. The molecule has 0 N–H and O–H groups in total. The third kappa shape index (κ3) is 3.86. The number of hydrazine groups is 1. The van der Waals surface area contributed by atoms with Crippen molar-refractivity contribution in [2.75, 3.05) is 37.6 Å². The van der Waals surface area contributed by atoms with Gasteiger partial charge in [0.05, 0.1) is 24.6 Å². The van der Waals surface area contributed by atoms with E-state index in [9.17, 15) is 4.79 Å². The standard InChI is InChI=1S/C18H27N5O2/c24-18-23(14-17(25-18)12-15-4-2-1-3-5-15)22-10-8-21(9-11-22)16-6-7-19-20-13-16/h6-7,13,15,17H,1-5,8-12,14H2. The van der Waals surface area contributed by atoms with Gasteiger partial charge in [-0.25, -0.2) is 14.8 Å². The summed E-state index contributed by atoms with van der Waals surface area (Å²) < 4.78 is 5.65. The van der Waals surface area contributed by atoms with Crippen LogP contribution in [0.2, 0.25) is 0 Å². The Hall–Kier alpha value is -1.89. The van der Waals surface area contributed by atoms with Gasteiger partial charge in [-0.05, 0) is 18.4 Å². The molecule has 3 fully saturated rings. The number of anilines is 1. The Morgan fingerprint density at radius 1 is 1.08 bits per heavy atom. The van der Waals surface area contributed by atoms with E-state index >= 15 is 0 Å². The van der Waals surface area contributed by atoms with Gasteiger partial charge in [0.15, 0.2) is 0 Å². The van der Waals surface area contributed by atoms with Gasteiger partial charge >= 0.3 is 6.09 Å². The van der Waals surface area contributed by atoms with E-state index in [1.54, 1.807) is 12.4 Å². The van der Waals surface area contributed by atoms with E-state index in [-0.39, 0.29) is 12.2 Å². The second-order valence-electron chi connectivity index (χ2n) is 7.37.